The van der Waals surface area contributed by atoms with Crippen LogP contribution in [0.25, 0.3) is 11.0 Å². The zero-order valence-corrected chi connectivity index (χ0v) is 12.7. The maximum Gasteiger partial charge on any atom is 0.124 e. The zero-order chi connectivity index (χ0) is 14.1. The number of nitrogens with zero attached hydrogens (tertiary/aromatic N) is 4. The van der Waals surface area contributed by atoms with Crippen LogP contribution in [-0.2, 0) is 6.54 Å². The van der Waals surface area contributed by atoms with E-state index in [0.717, 1.165) is 38.2 Å². The minimum atomic E-state index is 0.449. The average Bonchev–Trinajstić information content (AvgIpc) is 2.79. The lowest BCUT2D eigenvalue weighted by molar-refractivity contribution is 0.144. The van der Waals surface area contributed by atoms with Crippen LogP contribution in [0.5, 0.6) is 0 Å². The highest BCUT2D eigenvalue weighted by atomic mass is 15.3. The Morgan fingerprint density at radius 1 is 1.10 bits per heavy atom. The molecule has 0 N–H and O–H groups in total. The number of imidazole rings is 1. The van der Waals surface area contributed by atoms with E-state index in [1.54, 1.807) is 0 Å². The van der Waals surface area contributed by atoms with Gasteiger partial charge in [-0.15, -0.1) is 0 Å². The molecular formula is C16H24N4. The number of fused-ring (bicyclic) bond motifs is 1. The first-order valence-electron chi connectivity index (χ1n) is 7.52. The molecule has 0 bridgehead atoms. The van der Waals surface area contributed by atoms with Crippen LogP contribution >= 0.6 is 0 Å². The molecule has 0 radical (unpaired) electrons. The van der Waals surface area contributed by atoms with Gasteiger partial charge in [-0.05, 0) is 33.0 Å². The maximum atomic E-state index is 4.85. The Morgan fingerprint density at radius 2 is 1.80 bits per heavy atom. The van der Waals surface area contributed by atoms with Crippen molar-refractivity contribution in [3.05, 3.63) is 30.1 Å². The van der Waals surface area contributed by atoms with Crippen molar-refractivity contribution in [3.63, 3.8) is 0 Å². The summed E-state index contributed by atoms with van der Waals surface area (Å²) in [5.74, 6) is 1.20. The number of piperazine rings is 1. The van der Waals surface area contributed by atoms with Crippen molar-refractivity contribution >= 4 is 11.0 Å². The lowest BCUT2D eigenvalue weighted by Crippen LogP contribution is -2.44. The van der Waals surface area contributed by atoms with Crippen LogP contribution in [0.15, 0.2) is 24.3 Å². The van der Waals surface area contributed by atoms with Crippen LogP contribution in [0.2, 0.25) is 0 Å². The zero-order valence-electron chi connectivity index (χ0n) is 12.7. The minimum absolute atomic E-state index is 0.449. The van der Waals surface area contributed by atoms with Gasteiger partial charge in [-0.1, -0.05) is 12.1 Å². The third kappa shape index (κ3) is 2.58. The Kier molecular flexibility index (Phi) is 3.76. The SMILES string of the molecule is CC(C)n1c(CN2CCN(C)CC2)nc2ccccc21. The molecule has 0 aliphatic carbocycles. The standard InChI is InChI=1S/C16H24N4/c1-13(2)20-15-7-5-4-6-14(15)17-16(20)12-19-10-8-18(3)9-11-19/h4-7,13H,8-12H2,1-3H3. The number of para-hydroxylation sites is 2. The lowest BCUT2D eigenvalue weighted by atomic mass is 10.3. The van der Waals surface area contributed by atoms with Crippen LogP contribution in [0.4, 0.5) is 0 Å². The average molecular weight is 272 g/mol. The van der Waals surface area contributed by atoms with Crippen molar-refractivity contribution in [3.8, 4) is 0 Å². The third-order valence-electron chi connectivity index (χ3n) is 4.15. The fourth-order valence-corrected chi connectivity index (χ4v) is 2.99. The van der Waals surface area contributed by atoms with E-state index in [-0.39, 0.29) is 0 Å². The van der Waals surface area contributed by atoms with Gasteiger partial charge in [-0.25, -0.2) is 4.98 Å². The Labute approximate surface area is 121 Å². The molecule has 4 heteroatoms. The fourth-order valence-electron chi connectivity index (χ4n) is 2.99. The summed E-state index contributed by atoms with van der Waals surface area (Å²) in [6.07, 6.45) is 0. The van der Waals surface area contributed by atoms with E-state index in [1.807, 2.05) is 0 Å². The van der Waals surface area contributed by atoms with Gasteiger partial charge < -0.3 is 9.47 Å². The summed E-state index contributed by atoms with van der Waals surface area (Å²) in [5, 5.41) is 0. The van der Waals surface area contributed by atoms with Crippen molar-refractivity contribution in [1.29, 1.82) is 0 Å². The van der Waals surface area contributed by atoms with E-state index in [9.17, 15) is 0 Å². The summed E-state index contributed by atoms with van der Waals surface area (Å²) < 4.78 is 2.38. The maximum absolute atomic E-state index is 4.85. The van der Waals surface area contributed by atoms with E-state index in [1.165, 1.54) is 11.3 Å². The predicted octanol–water partition coefficient (Wildman–Crippen LogP) is 2.36. The number of aromatic nitrogens is 2. The highest BCUT2D eigenvalue weighted by molar-refractivity contribution is 5.76. The minimum Gasteiger partial charge on any atom is -0.324 e. The van der Waals surface area contributed by atoms with Gasteiger partial charge in [0.25, 0.3) is 0 Å². The number of rotatable bonds is 3. The summed E-state index contributed by atoms with van der Waals surface area (Å²) in [6, 6.07) is 8.91. The molecule has 0 atom stereocenters. The fraction of sp³-hybridized carbons (Fsp3) is 0.562. The topological polar surface area (TPSA) is 24.3 Å². The van der Waals surface area contributed by atoms with Crippen molar-refractivity contribution in [1.82, 2.24) is 19.4 Å². The lowest BCUT2D eigenvalue weighted by Gasteiger charge is -2.32. The largest absolute Gasteiger partial charge is 0.324 e. The van der Waals surface area contributed by atoms with Gasteiger partial charge in [-0.2, -0.15) is 0 Å². The van der Waals surface area contributed by atoms with Gasteiger partial charge in [-0.3, -0.25) is 4.90 Å². The van der Waals surface area contributed by atoms with Crippen LogP contribution < -0.4 is 0 Å². The summed E-state index contributed by atoms with van der Waals surface area (Å²) in [7, 11) is 2.20. The molecule has 0 saturated carbocycles. The van der Waals surface area contributed by atoms with E-state index in [4.69, 9.17) is 4.98 Å². The summed E-state index contributed by atoms with van der Waals surface area (Å²) in [4.78, 5) is 9.76. The molecule has 2 aromatic rings. The van der Waals surface area contributed by atoms with Gasteiger partial charge in [0.05, 0.1) is 17.6 Å². The monoisotopic (exact) mass is 272 g/mol. The van der Waals surface area contributed by atoms with Crippen molar-refractivity contribution in [2.45, 2.75) is 26.4 Å². The normalized spacial score (nSPS) is 18.2. The molecule has 1 aromatic carbocycles. The van der Waals surface area contributed by atoms with Crippen molar-refractivity contribution in [2.75, 3.05) is 33.2 Å². The molecule has 1 saturated heterocycles. The number of hydrogen-bond donors (Lipinski definition) is 0. The molecule has 0 unspecified atom stereocenters. The molecule has 4 nitrogen and oxygen atoms in total. The molecule has 1 fully saturated rings. The molecule has 0 amide bonds. The number of benzene rings is 1. The first-order chi connectivity index (χ1) is 9.65. The highest BCUT2D eigenvalue weighted by Crippen LogP contribution is 2.22. The van der Waals surface area contributed by atoms with Crippen LogP contribution in [0, 0.1) is 0 Å². The smallest absolute Gasteiger partial charge is 0.124 e. The number of hydrogen-bond acceptors (Lipinski definition) is 3. The predicted molar refractivity (Wildman–Crippen MR) is 82.9 cm³/mol. The van der Waals surface area contributed by atoms with Gasteiger partial charge in [0, 0.05) is 32.2 Å². The highest BCUT2D eigenvalue weighted by Gasteiger charge is 2.18. The molecule has 20 heavy (non-hydrogen) atoms. The second kappa shape index (κ2) is 5.54. The van der Waals surface area contributed by atoms with Gasteiger partial charge >= 0.3 is 0 Å². The van der Waals surface area contributed by atoms with Crippen molar-refractivity contribution in [2.24, 2.45) is 0 Å². The Hall–Kier alpha value is -1.39. The summed E-state index contributed by atoms with van der Waals surface area (Å²) in [5.41, 5.74) is 2.37. The van der Waals surface area contributed by atoms with Crippen LogP contribution in [0.1, 0.15) is 25.7 Å². The van der Waals surface area contributed by atoms with E-state index >= 15 is 0 Å². The molecule has 108 valence electrons. The van der Waals surface area contributed by atoms with Crippen molar-refractivity contribution < 1.29 is 0 Å². The Morgan fingerprint density at radius 3 is 2.50 bits per heavy atom. The Bertz CT molecular complexity index is 579. The van der Waals surface area contributed by atoms with E-state index < -0.39 is 0 Å². The Balaban J connectivity index is 1.88. The van der Waals surface area contributed by atoms with E-state index in [2.05, 4.69) is 59.5 Å². The summed E-state index contributed by atoms with van der Waals surface area (Å²) >= 11 is 0. The molecule has 3 rings (SSSR count). The molecule has 1 aliphatic heterocycles. The van der Waals surface area contributed by atoms with Gasteiger partial charge in [0.1, 0.15) is 5.82 Å². The second-order valence-corrected chi connectivity index (χ2v) is 6.06. The van der Waals surface area contributed by atoms with Crippen LogP contribution in [0.3, 0.4) is 0 Å². The summed E-state index contributed by atoms with van der Waals surface area (Å²) in [6.45, 7) is 10.0. The number of likely N-dealkylation sites (N-methyl/N-ethyl adjacent to an activating group) is 1. The molecule has 0 spiro atoms. The molecule has 1 aliphatic rings. The van der Waals surface area contributed by atoms with E-state index in [0.29, 0.717) is 6.04 Å². The molecule has 1 aromatic heterocycles. The van der Waals surface area contributed by atoms with Crippen LogP contribution in [-0.4, -0.2) is 52.6 Å². The molecular weight excluding hydrogens is 248 g/mol. The quantitative estimate of drug-likeness (QED) is 0.857. The second-order valence-electron chi connectivity index (χ2n) is 6.06. The first kappa shape index (κ1) is 13.6. The van der Waals surface area contributed by atoms with Gasteiger partial charge in [0.15, 0.2) is 0 Å². The first-order valence-corrected chi connectivity index (χ1v) is 7.52. The van der Waals surface area contributed by atoms with Gasteiger partial charge in [0.2, 0.25) is 0 Å². The molecule has 2 heterocycles. The third-order valence-corrected chi connectivity index (χ3v) is 4.15.